The lowest BCUT2D eigenvalue weighted by molar-refractivity contribution is -0.116. The summed E-state index contributed by atoms with van der Waals surface area (Å²) < 4.78 is 2.29. The minimum atomic E-state index is -0.496. The van der Waals surface area contributed by atoms with Crippen molar-refractivity contribution in [2.45, 2.75) is 12.3 Å². The minimum absolute atomic E-state index is 0.0956. The van der Waals surface area contributed by atoms with Gasteiger partial charge < -0.3 is 5.32 Å². The third kappa shape index (κ3) is 2.48. The summed E-state index contributed by atoms with van der Waals surface area (Å²) in [5.74, 6) is -0.527. The van der Waals surface area contributed by atoms with Crippen LogP contribution in [0.15, 0.2) is 27.8 Å². The highest BCUT2D eigenvalue weighted by molar-refractivity contribution is 6.42. The van der Waals surface area contributed by atoms with Gasteiger partial charge in [0.15, 0.2) is 0 Å². The molecule has 3 rings (SSSR count). The predicted octanol–water partition coefficient (Wildman–Crippen LogP) is 1.86. The molecule has 0 fully saturated rings. The molecule has 0 saturated heterocycles. The lowest BCUT2D eigenvalue weighted by Gasteiger charge is -2.27. The monoisotopic (exact) mass is 353 g/mol. The number of hydrogen-bond acceptors (Lipinski definition) is 3. The molecule has 8 heteroatoms. The standard InChI is InChI=1S/C15H13Cl2N3O3/c1-19-13-12(14(22)20(2)15(19)23)8(6-11(21)18-13)7-3-4-9(16)10(17)5-7/h3-5,8H,6H2,1-2H3,(H,18,21). The first kappa shape index (κ1) is 15.8. The van der Waals surface area contributed by atoms with E-state index in [1.165, 1.54) is 18.7 Å². The molecule has 0 radical (unpaired) electrons. The van der Waals surface area contributed by atoms with Gasteiger partial charge in [-0.2, -0.15) is 0 Å². The van der Waals surface area contributed by atoms with Gasteiger partial charge in [-0.05, 0) is 17.7 Å². The maximum Gasteiger partial charge on any atom is 0.332 e. The summed E-state index contributed by atoms with van der Waals surface area (Å²) in [4.78, 5) is 36.6. The largest absolute Gasteiger partial charge is 0.332 e. The van der Waals surface area contributed by atoms with Gasteiger partial charge in [-0.15, -0.1) is 0 Å². The van der Waals surface area contributed by atoms with Crippen LogP contribution in [0.25, 0.3) is 0 Å². The Morgan fingerprint density at radius 1 is 1.09 bits per heavy atom. The second kappa shape index (κ2) is 5.54. The normalized spacial score (nSPS) is 16.9. The molecule has 0 aliphatic carbocycles. The summed E-state index contributed by atoms with van der Waals surface area (Å²) in [6.07, 6.45) is 0.0956. The van der Waals surface area contributed by atoms with Crippen molar-refractivity contribution >= 4 is 34.9 Å². The van der Waals surface area contributed by atoms with Crippen LogP contribution in [-0.2, 0) is 18.9 Å². The highest BCUT2D eigenvalue weighted by Gasteiger charge is 2.32. The maximum atomic E-state index is 12.6. The van der Waals surface area contributed by atoms with Crippen LogP contribution in [0.1, 0.15) is 23.5 Å². The number of halogens is 2. The SMILES string of the molecule is Cn1c2c(c(=O)n(C)c1=O)C(c1ccc(Cl)c(Cl)c1)CC(=O)N2. The molecule has 1 amide bonds. The second-order valence-corrected chi connectivity index (χ2v) is 6.26. The number of benzene rings is 1. The van der Waals surface area contributed by atoms with Crippen molar-refractivity contribution in [3.63, 3.8) is 0 Å². The average molecular weight is 354 g/mol. The van der Waals surface area contributed by atoms with Gasteiger partial charge in [0, 0.05) is 26.4 Å². The van der Waals surface area contributed by atoms with Crippen molar-refractivity contribution in [1.29, 1.82) is 0 Å². The first-order valence-corrected chi connectivity index (χ1v) is 7.61. The van der Waals surface area contributed by atoms with Crippen LogP contribution < -0.4 is 16.6 Å². The van der Waals surface area contributed by atoms with Gasteiger partial charge in [-0.3, -0.25) is 18.7 Å². The third-order valence-electron chi connectivity index (χ3n) is 4.04. The molecule has 1 unspecified atom stereocenters. The van der Waals surface area contributed by atoms with Gasteiger partial charge in [-0.25, -0.2) is 4.79 Å². The van der Waals surface area contributed by atoms with Crippen molar-refractivity contribution in [2.75, 3.05) is 5.32 Å². The van der Waals surface area contributed by atoms with Crippen molar-refractivity contribution < 1.29 is 4.79 Å². The number of nitrogens with one attached hydrogen (secondary N) is 1. The fourth-order valence-corrected chi connectivity index (χ4v) is 3.13. The van der Waals surface area contributed by atoms with Crippen molar-refractivity contribution in [3.05, 3.63) is 60.2 Å². The molecule has 1 aliphatic heterocycles. The van der Waals surface area contributed by atoms with Gasteiger partial charge in [0.1, 0.15) is 5.82 Å². The number of fused-ring (bicyclic) bond motifs is 1. The first-order valence-electron chi connectivity index (χ1n) is 6.86. The van der Waals surface area contributed by atoms with Crippen molar-refractivity contribution in [2.24, 2.45) is 14.1 Å². The molecule has 0 bridgehead atoms. The number of carbonyl (C=O) groups excluding carboxylic acids is 1. The molecule has 6 nitrogen and oxygen atoms in total. The minimum Gasteiger partial charge on any atom is -0.312 e. The van der Waals surface area contributed by atoms with E-state index in [4.69, 9.17) is 23.2 Å². The number of aromatic nitrogens is 2. The molecule has 120 valence electrons. The quantitative estimate of drug-likeness (QED) is 0.850. The summed E-state index contributed by atoms with van der Waals surface area (Å²) in [5, 5.41) is 3.35. The summed E-state index contributed by atoms with van der Waals surface area (Å²) in [6, 6.07) is 4.99. The zero-order valence-corrected chi connectivity index (χ0v) is 13.9. The molecule has 1 N–H and O–H groups in total. The Balaban J connectivity index is 2.31. The number of anilines is 1. The van der Waals surface area contributed by atoms with Crippen LogP contribution in [-0.4, -0.2) is 15.0 Å². The Morgan fingerprint density at radius 3 is 2.43 bits per heavy atom. The van der Waals surface area contributed by atoms with E-state index in [1.54, 1.807) is 18.2 Å². The van der Waals surface area contributed by atoms with Gasteiger partial charge in [0.25, 0.3) is 5.56 Å². The molecule has 1 atom stereocenters. The van der Waals surface area contributed by atoms with Crippen LogP contribution in [0, 0.1) is 0 Å². The lowest BCUT2D eigenvalue weighted by Crippen LogP contribution is -2.44. The first-order chi connectivity index (χ1) is 10.8. The van der Waals surface area contributed by atoms with E-state index in [1.807, 2.05) is 0 Å². The van der Waals surface area contributed by atoms with Gasteiger partial charge in [0.2, 0.25) is 5.91 Å². The van der Waals surface area contributed by atoms with E-state index >= 15 is 0 Å². The topological polar surface area (TPSA) is 73.1 Å². The summed E-state index contributed by atoms with van der Waals surface area (Å²) in [6.45, 7) is 0. The molecule has 1 aliphatic rings. The number of carbonyl (C=O) groups is 1. The number of nitrogens with zero attached hydrogens (tertiary/aromatic N) is 2. The van der Waals surface area contributed by atoms with E-state index < -0.39 is 17.2 Å². The highest BCUT2D eigenvalue weighted by Crippen LogP contribution is 2.36. The zero-order valence-electron chi connectivity index (χ0n) is 12.4. The Labute approximate surface area is 141 Å². The summed E-state index contributed by atoms with van der Waals surface area (Å²) >= 11 is 12.0. The fraction of sp³-hybridized carbons (Fsp3) is 0.267. The third-order valence-corrected chi connectivity index (χ3v) is 4.78. The fourth-order valence-electron chi connectivity index (χ4n) is 2.82. The molecular formula is C15H13Cl2N3O3. The Morgan fingerprint density at radius 2 is 1.78 bits per heavy atom. The van der Waals surface area contributed by atoms with Gasteiger partial charge in [0.05, 0.1) is 15.6 Å². The van der Waals surface area contributed by atoms with Crippen LogP contribution in [0.2, 0.25) is 10.0 Å². The zero-order chi connectivity index (χ0) is 16.9. The molecule has 23 heavy (non-hydrogen) atoms. The molecule has 0 spiro atoms. The lowest BCUT2D eigenvalue weighted by atomic mass is 9.86. The molecule has 2 aromatic rings. The molecule has 2 heterocycles. The molecule has 1 aromatic carbocycles. The Hall–Kier alpha value is -2.05. The van der Waals surface area contributed by atoms with Crippen LogP contribution in [0.4, 0.5) is 5.82 Å². The average Bonchev–Trinajstić information content (AvgIpc) is 2.52. The van der Waals surface area contributed by atoms with E-state index in [0.29, 0.717) is 21.2 Å². The highest BCUT2D eigenvalue weighted by atomic mass is 35.5. The Kier molecular flexibility index (Phi) is 3.82. The van der Waals surface area contributed by atoms with Crippen LogP contribution >= 0.6 is 23.2 Å². The number of rotatable bonds is 1. The maximum absolute atomic E-state index is 12.6. The van der Waals surface area contributed by atoms with Gasteiger partial charge in [-0.1, -0.05) is 29.3 Å². The van der Waals surface area contributed by atoms with E-state index in [9.17, 15) is 14.4 Å². The second-order valence-electron chi connectivity index (χ2n) is 5.45. The molecular weight excluding hydrogens is 341 g/mol. The summed E-state index contributed by atoms with van der Waals surface area (Å²) in [5.41, 5.74) is 0.141. The number of hydrogen-bond donors (Lipinski definition) is 1. The molecule has 1 aromatic heterocycles. The van der Waals surface area contributed by atoms with E-state index in [2.05, 4.69) is 5.32 Å². The van der Waals surface area contributed by atoms with Crippen molar-refractivity contribution in [3.8, 4) is 0 Å². The van der Waals surface area contributed by atoms with E-state index in [-0.39, 0.29) is 18.1 Å². The Bertz CT molecular complexity index is 946. The number of amides is 1. The smallest absolute Gasteiger partial charge is 0.312 e. The predicted molar refractivity (Wildman–Crippen MR) is 88.5 cm³/mol. The van der Waals surface area contributed by atoms with Crippen molar-refractivity contribution in [1.82, 2.24) is 9.13 Å². The molecule has 0 saturated carbocycles. The van der Waals surface area contributed by atoms with Gasteiger partial charge >= 0.3 is 5.69 Å². The van der Waals surface area contributed by atoms with E-state index in [0.717, 1.165) is 4.57 Å². The summed E-state index contributed by atoms with van der Waals surface area (Å²) in [7, 11) is 2.92. The van der Waals surface area contributed by atoms with Crippen LogP contribution in [0.3, 0.4) is 0 Å². The van der Waals surface area contributed by atoms with Crippen LogP contribution in [0.5, 0.6) is 0 Å².